The molecule has 0 amide bonds. The third kappa shape index (κ3) is 4.95. The Labute approximate surface area is 209 Å². The van der Waals surface area contributed by atoms with Crippen LogP contribution in [0.25, 0.3) is 10.9 Å². The van der Waals surface area contributed by atoms with Crippen LogP contribution in [0.4, 0.5) is 5.69 Å². The molecule has 0 aliphatic heterocycles. The number of carbonyl (C=O) groups is 1. The topological polar surface area (TPSA) is 118 Å². The van der Waals surface area contributed by atoms with Crippen molar-refractivity contribution in [2.45, 2.75) is 4.90 Å². The van der Waals surface area contributed by atoms with E-state index < -0.39 is 16.0 Å². The molecular formula is C24H16IN3O5S. The maximum Gasteiger partial charge on any atom is 0.354 e. The highest BCUT2D eigenvalue weighted by molar-refractivity contribution is 14.1. The molecule has 0 bridgehead atoms. The third-order valence-electron chi connectivity index (χ3n) is 4.75. The Bertz CT molecular complexity index is 1580. The monoisotopic (exact) mass is 585 g/mol. The number of hydrogen-bond donors (Lipinski definition) is 2. The van der Waals surface area contributed by atoms with Gasteiger partial charge in [0.2, 0.25) is 0 Å². The first-order chi connectivity index (χ1) is 16.3. The molecule has 34 heavy (non-hydrogen) atoms. The van der Waals surface area contributed by atoms with Gasteiger partial charge in [-0.1, -0.05) is 11.8 Å². The second-order valence-corrected chi connectivity index (χ2v) is 9.84. The summed E-state index contributed by atoms with van der Waals surface area (Å²) in [7, 11) is -2.50. The number of fused-ring (bicyclic) bond motifs is 1. The number of anilines is 1. The first-order valence-corrected chi connectivity index (χ1v) is 12.3. The minimum atomic E-state index is -4.01. The summed E-state index contributed by atoms with van der Waals surface area (Å²) >= 11 is 2.11. The van der Waals surface area contributed by atoms with Crippen LogP contribution in [0.3, 0.4) is 0 Å². The zero-order chi connectivity index (χ0) is 24.3. The first-order valence-electron chi connectivity index (χ1n) is 9.74. The normalized spacial score (nSPS) is 10.9. The van der Waals surface area contributed by atoms with E-state index in [9.17, 15) is 13.2 Å². The number of nitrogens with one attached hydrogen (secondary N) is 1. The number of sulfonamides is 1. The Morgan fingerprint density at radius 1 is 1.09 bits per heavy atom. The average molecular weight is 585 g/mol. The number of carboxylic acid groups (broad SMARTS) is 1. The number of rotatable bonds is 5. The molecule has 0 saturated carbocycles. The number of pyridine rings is 2. The number of hydrogen-bond acceptors (Lipinski definition) is 6. The van der Waals surface area contributed by atoms with Crippen LogP contribution in [0.2, 0.25) is 0 Å². The highest BCUT2D eigenvalue weighted by atomic mass is 127. The fourth-order valence-electron chi connectivity index (χ4n) is 3.16. The van der Waals surface area contributed by atoms with Crippen LogP contribution in [-0.4, -0.2) is 36.6 Å². The molecule has 2 aromatic heterocycles. The van der Waals surface area contributed by atoms with Crippen LogP contribution in [0.1, 0.15) is 21.6 Å². The van der Waals surface area contributed by atoms with Gasteiger partial charge in [-0.05, 0) is 77.2 Å². The van der Waals surface area contributed by atoms with Gasteiger partial charge in [0.1, 0.15) is 16.3 Å². The summed E-state index contributed by atoms with van der Waals surface area (Å²) in [4.78, 5) is 19.1. The summed E-state index contributed by atoms with van der Waals surface area (Å²) in [5, 5.41) is 9.55. The van der Waals surface area contributed by atoms with Crippen LogP contribution in [0.15, 0.2) is 71.9 Å². The van der Waals surface area contributed by atoms with Crippen molar-refractivity contribution in [3.05, 3.63) is 87.4 Å². The lowest BCUT2D eigenvalue weighted by Gasteiger charge is -2.13. The van der Waals surface area contributed by atoms with Crippen molar-refractivity contribution in [3.63, 3.8) is 0 Å². The van der Waals surface area contributed by atoms with Gasteiger partial charge in [0.05, 0.1) is 23.9 Å². The van der Waals surface area contributed by atoms with Gasteiger partial charge in [-0.15, -0.1) is 0 Å². The van der Waals surface area contributed by atoms with E-state index >= 15 is 0 Å². The highest BCUT2D eigenvalue weighted by Gasteiger charge is 2.21. The molecular weight excluding hydrogens is 569 g/mol. The number of methoxy groups -OCH3 is 1. The minimum absolute atomic E-state index is 0.00909. The third-order valence-corrected chi connectivity index (χ3v) is 6.82. The first kappa shape index (κ1) is 23.5. The number of nitrogens with zero attached hydrogens (tertiary/aromatic N) is 2. The quantitative estimate of drug-likeness (QED) is 0.267. The molecule has 0 fully saturated rings. The van der Waals surface area contributed by atoms with Gasteiger partial charge in [0.25, 0.3) is 10.0 Å². The second-order valence-electron chi connectivity index (χ2n) is 6.95. The van der Waals surface area contributed by atoms with Crippen LogP contribution in [-0.2, 0) is 10.0 Å². The van der Waals surface area contributed by atoms with Crippen molar-refractivity contribution in [1.82, 2.24) is 9.97 Å². The Morgan fingerprint density at radius 2 is 1.91 bits per heavy atom. The molecule has 0 atom stereocenters. The number of halogens is 1. The van der Waals surface area contributed by atoms with E-state index in [0.29, 0.717) is 28.0 Å². The van der Waals surface area contributed by atoms with E-state index in [1.54, 1.807) is 36.4 Å². The SMILES string of the molecule is COc1ccc(S(=O)(=O)Nc2ccc(I)cc2C#Cc2ccc(C(=O)O)nc2)c2ncccc12. The van der Waals surface area contributed by atoms with Gasteiger partial charge < -0.3 is 9.84 Å². The number of aromatic nitrogens is 2. The maximum atomic E-state index is 13.3. The largest absolute Gasteiger partial charge is 0.496 e. The average Bonchev–Trinajstić information content (AvgIpc) is 2.83. The van der Waals surface area contributed by atoms with Crippen molar-refractivity contribution in [1.29, 1.82) is 0 Å². The summed E-state index contributed by atoms with van der Waals surface area (Å²) in [5.41, 5.74) is 1.43. The molecule has 10 heteroatoms. The van der Waals surface area contributed by atoms with Gasteiger partial charge >= 0.3 is 5.97 Å². The number of aromatic carboxylic acids is 1. The number of ether oxygens (including phenoxy) is 1. The predicted octanol–water partition coefficient (Wildman–Crippen LogP) is 4.14. The molecule has 8 nitrogen and oxygen atoms in total. The fourth-order valence-corrected chi connectivity index (χ4v) is 4.89. The zero-order valence-electron chi connectivity index (χ0n) is 17.6. The lowest BCUT2D eigenvalue weighted by atomic mass is 10.1. The van der Waals surface area contributed by atoms with Gasteiger partial charge in [0.15, 0.2) is 0 Å². The second kappa shape index (κ2) is 9.66. The van der Waals surface area contributed by atoms with Gasteiger partial charge in [-0.2, -0.15) is 0 Å². The van der Waals surface area contributed by atoms with Gasteiger partial charge in [-0.3, -0.25) is 9.71 Å². The Balaban J connectivity index is 1.72. The van der Waals surface area contributed by atoms with E-state index in [0.717, 1.165) is 3.57 Å². The molecule has 0 unspecified atom stereocenters. The standard InChI is InChI=1S/C24H16IN3O5S/c1-33-21-10-11-22(23-18(21)3-2-12-26-23)34(31,32)28-19-9-7-17(25)13-16(19)6-4-15-5-8-20(24(29)30)27-14-15/h2-3,5,7-14,28H,1H3,(H,29,30). The van der Waals surface area contributed by atoms with Crippen molar-refractivity contribution in [2.24, 2.45) is 0 Å². The van der Waals surface area contributed by atoms with Gasteiger partial charge in [-0.25, -0.2) is 18.2 Å². The van der Waals surface area contributed by atoms with Crippen LogP contribution in [0, 0.1) is 15.4 Å². The van der Waals surface area contributed by atoms with E-state index in [1.165, 1.54) is 37.7 Å². The Hall–Kier alpha value is -3.69. The Morgan fingerprint density at radius 3 is 2.62 bits per heavy atom. The highest BCUT2D eigenvalue weighted by Crippen LogP contribution is 2.31. The van der Waals surface area contributed by atoms with E-state index in [1.807, 2.05) is 0 Å². The van der Waals surface area contributed by atoms with Crippen molar-refractivity contribution in [3.8, 4) is 17.6 Å². The molecule has 0 spiro atoms. The lowest BCUT2D eigenvalue weighted by molar-refractivity contribution is 0.0690. The molecule has 0 aliphatic carbocycles. The summed E-state index contributed by atoms with van der Waals surface area (Å²) in [6.45, 7) is 0. The molecule has 0 radical (unpaired) electrons. The van der Waals surface area contributed by atoms with Crippen LogP contribution >= 0.6 is 22.6 Å². The molecule has 0 saturated heterocycles. The lowest BCUT2D eigenvalue weighted by Crippen LogP contribution is -2.15. The maximum absolute atomic E-state index is 13.3. The van der Waals surface area contributed by atoms with E-state index in [4.69, 9.17) is 9.84 Å². The van der Waals surface area contributed by atoms with Crippen molar-refractivity contribution >= 4 is 55.2 Å². The molecule has 2 N–H and O–H groups in total. The molecule has 2 heterocycles. The smallest absolute Gasteiger partial charge is 0.354 e. The number of carboxylic acids is 1. The summed E-state index contributed by atoms with van der Waals surface area (Å²) in [6.07, 6.45) is 2.87. The van der Waals surface area contributed by atoms with Gasteiger partial charge in [0, 0.05) is 26.9 Å². The summed E-state index contributed by atoms with van der Waals surface area (Å²) < 4.78 is 35.4. The van der Waals surface area contributed by atoms with Crippen LogP contribution in [0.5, 0.6) is 5.75 Å². The van der Waals surface area contributed by atoms with Crippen molar-refractivity contribution in [2.75, 3.05) is 11.8 Å². The van der Waals surface area contributed by atoms with Crippen LogP contribution < -0.4 is 9.46 Å². The minimum Gasteiger partial charge on any atom is -0.496 e. The summed E-state index contributed by atoms with van der Waals surface area (Å²) in [5.74, 6) is 5.22. The Kier molecular flexibility index (Phi) is 6.67. The fraction of sp³-hybridized carbons (Fsp3) is 0.0417. The van der Waals surface area contributed by atoms with E-state index in [-0.39, 0.29) is 16.1 Å². The molecule has 0 aliphatic rings. The predicted molar refractivity (Wildman–Crippen MR) is 135 cm³/mol. The number of benzene rings is 2. The molecule has 4 aromatic rings. The molecule has 170 valence electrons. The molecule has 4 rings (SSSR count). The van der Waals surface area contributed by atoms with E-state index in [2.05, 4.69) is 49.1 Å². The van der Waals surface area contributed by atoms with Crippen molar-refractivity contribution < 1.29 is 23.1 Å². The summed E-state index contributed by atoms with van der Waals surface area (Å²) in [6, 6.07) is 14.5. The zero-order valence-corrected chi connectivity index (χ0v) is 20.6. The molecule has 2 aromatic carbocycles.